The predicted octanol–water partition coefficient (Wildman–Crippen LogP) is 3.32. The number of hydrogen-bond donors (Lipinski definition) is 0. The fourth-order valence-corrected chi connectivity index (χ4v) is 4.00. The molecule has 1 aromatic heterocycles. The van der Waals surface area contributed by atoms with Gasteiger partial charge in [0, 0.05) is 23.5 Å². The minimum Gasteiger partial charge on any atom is -0.422 e. The lowest BCUT2D eigenvalue weighted by molar-refractivity contribution is 0.0776. The summed E-state index contributed by atoms with van der Waals surface area (Å²) in [7, 11) is 0. The van der Waals surface area contributed by atoms with Crippen LogP contribution in [0.15, 0.2) is 33.5 Å². The minimum absolute atomic E-state index is 0.106. The van der Waals surface area contributed by atoms with E-state index in [0.717, 1.165) is 13.1 Å². The standard InChI is InChI=1S/C17H16ClNO3/c18-13-4-5-15-12(6-13)7-14(17(21)22-15)16(20)19-8-10-2-1-3-11(10)9-19/h4-7,10-11H,1-3,8-9H2/t10-,11+. The molecule has 0 unspecified atom stereocenters. The molecule has 0 spiro atoms. The highest BCUT2D eigenvalue weighted by Gasteiger charge is 2.38. The van der Waals surface area contributed by atoms with Gasteiger partial charge in [0.2, 0.25) is 0 Å². The van der Waals surface area contributed by atoms with Crippen molar-refractivity contribution >= 4 is 28.5 Å². The highest BCUT2D eigenvalue weighted by atomic mass is 35.5. The smallest absolute Gasteiger partial charge is 0.349 e. The molecule has 5 heteroatoms. The number of hydrogen-bond acceptors (Lipinski definition) is 3. The fraction of sp³-hybridized carbons (Fsp3) is 0.412. The Morgan fingerprint density at radius 3 is 2.64 bits per heavy atom. The molecule has 2 fully saturated rings. The molecule has 2 atom stereocenters. The van der Waals surface area contributed by atoms with E-state index in [1.54, 1.807) is 29.2 Å². The Morgan fingerprint density at radius 2 is 1.91 bits per heavy atom. The minimum atomic E-state index is -0.572. The summed E-state index contributed by atoms with van der Waals surface area (Å²) in [4.78, 5) is 26.6. The molecular formula is C17H16ClNO3. The van der Waals surface area contributed by atoms with Gasteiger partial charge >= 0.3 is 5.63 Å². The topological polar surface area (TPSA) is 50.5 Å². The quantitative estimate of drug-likeness (QED) is 0.758. The van der Waals surface area contributed by atoms with Gasteiger partial charge in [-0.2, -0.15) is 0 Å². The number of benzene rings is 1. The van der Waals surface area contributed by atoms with Crippen LogP contribution in [0.5, 0.6) is 0 Å². The summed E-state index contributed by atoms with van der Waals surface area (Å²) in [5.74, 6) is 0.988. The van der Waals surface area contributed by atoms with E-state index in [-0.39, 0.29) is 11.5 Å². The molecule has 1 saturated heterocycles. The van der Waals surface area contributed by atoms with Crippen molar-refractivity contribution in [2.75, 3.05) is 13.1 Å². The van der Waals surface area contributed by atoms with Crippen LogP contribution in [0.1, 0.15) is 29.6 Å². The van der Waals surface area contributed by atoms with Crippen molar-refractivity contribution in [3.63, 3.8) is 0 Å². The van der Waals surface area contributed by atoms with Gasteiger partial charge in [-0.05, 0) is 48.9 Å². The first-order valence-electron chi connectivity index (χ1n) is 7.64. The third kappa shape index (κ3) is 2.22. The Kier molecular flexibility index (Phi) is 3.22. The lowest BCUT2D eigenvalue weighted by Crippen LogP contribution is -2.32. The third-order valence-corrected chi connectivity index (χ3v) is 5.17. The van der Waals surface area contributed by atoms with E-state index < -0.39 is 5.63 Å². The largest absolute Gasteiger partial charge is 0.422 e. The Hall–Kier alpha value is -1.81. The van der Waals surface area contributed by atoms with Crippen molar-refractivity contribution in [3.8, 4) is 0 Å². The van der Waals surface area contributed by atoms with Crippen molar-refractivity contribution in [2.24, 2.45) is 11.8 Å². The van der Waals surface area contributed by atoms with E-state index in [4.69, 9.17) is 16.0 Å². The van der Waals surface area contributed by atoms with Crippen LogP contribution in [0.4, 0.5) is 0 Å². The number of rotatable bonds is 1. The molecule has 0 bridgehead atoms. The van der Waals surface area contributed by atoms with Crippen LogP contribution < -0.4 is 5.63 Å². The summed E-state index contributed by atoms with van der Waals surface area (Å²) >= 11 is 5.97. The van der Waals surface area contributed by atoms with E-state index in [0.29, 0.717) is 27.8 Å². The molecular weight excluding hydrogens is 302 g/mol. The van der Waals surface area contributed by atoms with Crippen molar-refractivity contribution in [3.05, 3.63) is 45.3 Å². The van der Waals surface area contributed by atoms with Crippen LogP contribution in [0.25, 0.3) is 11.0 Å². The summed E-state index contributed by atoms with van der Waals surface area (Å²) in [5.41, 5.74) is -0.0177. The molecule has 1 aliphatic heterocycles. The molecule has 0 radical (unpaired) electrons. The number of fused-ring (bicyclic) bond motifs is 2. The second kappa shape index (κ2) is 5.13. The summed E-state index contributed by atoms with van der Waals surface area (Å²) in [6.07, 6.45) is 3.64. The van der Waals surface area contributed by atoms with Gasteiger partial charge in [0.25, 0.3) is 5.91 Å². The molecule has 2 heterocycles. The lowest BCUT2D eigenvalue weighted by atomic mass is 10.0. The molecule has 1 amide bonds. The van der Waals surface area contributed by atoms with Crippen molar-refractivity contribution in [2.45, 2.75) is 19.3 Å². The van der Waals surface area contributed by atoms with Crippen LogP contribution in [-0.2, 0) is 0 Å². The zero-order valence-corrected chi connectivity index (χ0v) is 12.8. The first kappa shape index (κ1) is 13.8. The average molecular weight is 318 g/mol. The molecule has 0 N–H and O–H groups in total. The van der Waals surface area contributed by atoms with Gasteiger partial charge in [-0.15, -0.1) is 0 Å². The number of amides is 1. The lowest BCUT2D eigenvalue weighted by Gasteiger charge is -2.16. The zero-order chi connectivity index (χ0) is 15.3. The van der Waals surface area contributed by atoms with E-state index >= 15 is 0 Å². The van der Waals surface area contributed by atoms with Gasteiger partial charge in [-0.3, -0.25) is 4.79 Å². The first-order chi connectivity index (χ1) is 10.6. The van der Waals surface area contributed by atoms with Crippen LogP contribution in [0.3, 0.4) is 0 Å². The number of carbonyl (C=O) groups excluding carboxylic acids is 1. The third-order valence-electron chi connectivity index (χ3n) is 4.94. The molecule has 22 heavy (non-hydrogen) atoms. The molecule has 2 aliphatic rings. The van der Waals surface area contributed by atoms with Gasteiger partial charge in [-0.25, -0.2) is 4.79 Å². The van der Waals surface area contributed by atoms with Crippen LogP contribution in [-0.4, -0.2) is 23.9 Å². The van der Waals surface area contributed by atoms with Crippen molar-refractivity contribution < 1.29 is 9.21 Å². The SMILES string of the molecule is O=C(c1cc2cc(Cl)ccc2oc1=O)N1C[C@H]2CCC[C@H]2C1. The van der Waals surface area contributed by atoms with E-state index in [2.05, 4.69) is 0 Å². The molecule has 4 nitrogen and oxygen atoms in total. The van der Waals surface area contributed by atoms with Gasteiger partial charge in [0.15, 0.2) is 0 Å². The molecule has 4 rings (SSSR count). The van der Waals surface area contributed by atoms with Crippen LogP contribution in [0.2, 0.25) is 5.02 Å². The normalized spacial score (nSPS) is 24.0. The van der Waals surface area contributed by atoms with Crippen LogP contribution >= 0.6 is 11.6 Å². The number of halogens is 1. The molecule has 1 saturated carbocycles. The van der Waals surface area contributed by atoms with Crippen molar-refractivity contribution in [1.29, 1.82) is 0 Å². The van der Waals surface area contributed by atoms with Gasteiger partial charge in [-0.1, -0.05) is 18.0 Å². The number of likely N-dealkylation sites (tertiary alicyclic amines) is 1. The monoisotopic (exact) mass is 317 g/mol. The van der Waals surface area contributed by atoms with E-state index in [1.165, 1.54) is 19.3 Å². The van der Waals surface area contributed by atoms with Crippen molar-refractivity contribution in [1.82, 2.24) is 4.90 Å². The molecule has 114 valence electrons. The maximum Gasteiger partial charge on any atom is 0.349 e. The predicted molar refractivity (Wildman–Crippen MR) is 84.2 cm³/mol. The fourth-order valence-electron chi connectivity index (χ4n) is 3.81. The van der Waals surface area contributed by atoms with Gasteiger partial charge in [0.1, 0.15) is 11.1 Å². The Morgan fingerprint density at radius 1 is 1.18 bits per heavy atom. The molecule has 2 aromatic rings. The highest BCUT2D eigenvalue weighted by molar-refractivity contribution is 6.31. The van der Waals surface area contributed by atoms with E-state index in [1.807, 2.05) is 0 Å². The average Bonchev–Trinajstić information content (AvgIpc) is 3.07. The van der Waals surface area contributed by atoms with Gasteiger partial charge < -0.3 is 9.32 Å². The maximum atomic E-state index is 12.7. The number of nitrogens with zero attached hydrogens (tertiary/aromatic N) is 1. The molecule has 1 aliphatic carbocycles. The number of carbonyl (C=O) groups is 1. The second-order valence-corrected chi connectivity index (χ2v) is 6.73. The Bertz CT molecular complexity index is 801. The summed E-state index contributed by atoms with van der Waals surface area (Å²) < 4.78 is 5.26. The maximum absolute atomic E-state index is 12.7. The summed E-state index contributed by atoms with van der Waals surface area (Å²) in [6.45, 7) is 1.52. The Labute approximate surface area is 132 Å². The Balaban J connectivity index is 1.69. The summed E-state index contributed by atoms with van der Waals surface area (Å²) in [6, 6.07) is 6.61. The van der Waals surface area contributed by atoms with E-state index in [9.17, 15) is 9.59 Å². The first-order valence-corrected chi connectivity index (χ1v) is 8.02. The second-order valence-electron chi connectivity index (χ2n) is 6.29. The molecule has 1 aromatic carbocycles. The highest BCUT2D eigenvalue weighted by Crippen LogP contribution is 2.38. The van der Waals surface area contributed by atoms with Crippen LogP contribution in [0, 0.1) is 11.8 Å². The van der Waals surface area contributed by atoms with Gasteiger partial charge in [0.05, 0.1) is 0 Å². The zero-order valence-electron chi connectivity index (χ0n) is 12.0. The summed E-state index contributed by atoms with van der Waals surface area (Å²) in [5, 5.41) is 1.23.